The highest BCUT2D eigenvalue weighted by Crippen LogP contribution is 2.39. The molecule has 2 unspecified atom stereocenters. The number of pyridine rings is 1. The normalized spacial score (nSPS) is 26.4. The summed E-state index contributed by atoms with van der Waals surface area (Å²) in [6.45, 7) is 4.21. The van der Waals surface area contributed by atoms with Crippen LogP contribution >= 0.6 is 0 Å². The average Bonchev–Trinajstić information content (AvgIpc) is 2.87. The van der Waals surface area contributed by atoms with Crippen LogP contribution in [0.25, 0.3) is 0 Å². The molecule has 0 aromatic carbocycles. The number of nitrogens with two attached hydrogens (primary N) is 1. The second-order valence-corrected chi connectivity index (χ2v) is 5.63. The topological polar surface area (TPSA) is 66.0 Å². The molecule has 0 amide bonds. The molecule has 3 rings (SSSR count). The second kappa shape index (κ2) is 4.26. The van der Waals surface area contributed by atoms with Crippen LogP contribution in [-0.4, -0.2) is 23.9 Å². The van der Waals surface area contributed by atoms with Gasteiger partial charge in [0.2, 0.25) is 0 Å². The Kier molecular flexibility index (Phi) is 2.73. The van der Waals surface area contributed by atoms with E-state index in [0.29, 0.717) is 0 Å². The maximum absolute atomic E-state index is 7.56. The first-order valence-electron chi connectivity index (χ1n) is 6.71. The molecule has 4 nitrogen and oxygen atoms in total. The van der Waals surface area contributed by atoms with E-state index in [-0.39, 0.29) is 5.84 Å². The molecule has 0 radical (unpaired) electrons. The first kappa shape index (κ1) is 11.5. The molecule has 1 aromatic heterocycles. The fourth-order valence-corrected chi connectivity index (χ4v) is 3.39. The largest absolute Gasteiger partial charge is 0.384 e. The molecule has 2 fully saturated rings. The van der Waals surface area contributed by atoms with E-state index >= 15 is 0 Å². The Balaban J connectivity index is 1.86. The molecular formula is C14H20N4. The van der Waals surface area contributed by atoms with Crippen molar-refractivity contribution < 1.29 is 0 Å². The minimum Gasteiger partial charge on any atom is -0.384 e. The van der Waals surface area contributed by atoms with E-state index in [9.17, 15) is 0 Å². The molecule has 1 aromatic rings. The van der Waals surface area contributed by atoms with Gasteiger partial charge in [0.25, 0.3) is 0 Å². The number of fused-ring (bicyclic) bond motifs is 1. The number of aryl methyl sites for hydroxylation is 1. The van der Waals surface area contributed by atoms with Crippen LogP contribution in [-0.2, 0) is 0 Å². The maximum atomic E-state index is 7.56. The summed E-state index contributed by atoms with van der Waals surface area (Å²) in [5, 5.41) is 7.56. The highest BCUT2D eigenvalue weighted by atomic mass is 15.2. The van der Waals surface area contributed by atoms with Crippen LogP contribution < -0.4 is 10.6 Å². The Hall–Kier alpha value is -1.58. The lowest BCUT2D eigenvalue weighted by atomic mass is 10.0. The smallest absolute Gasteiger partial charge is 0.129 e. The molecule has 0 bridgehead atoms. The highest BCUT2D eigenvalue weighted by Gasteiger charge is 2.36. The molecule has 2 aliphatic rings. The molecule has 0 spiro atoms. The van der Waals surface area contributed by atoms with Crippen LogP contribution in [0.5, 0.6) is 0 Å². The molecule has 18 heavy (non-hydrogen) atoms. The van der Waals surface area contributed by atoms with Crippen molar-refractivity contribution in [3.05, 3.63) is 23.4 Å². The van der Waals surface area contributed by atoms with Gasteiger partial charge in [-0.2, -0.15) is 0 Å². The van der Waals surface area contributed by atoms with Gasteiger partial charge in [0.15, 0.2) is 0 Å². The molecule has 1 saturated heterocycles. The lowest BCUT2D eigenvalue weighted by molar-refractivity contribution is 0.494. The SMILES string of the molecule is Cc1cc(C(=N)N)cc(N2CC3CCCC3C2)n1. The molecule has 1 aliphatic carbocycles. The van der Waals surface area contributed by atoms with E-state index in [4.69, 9.17) is 11.1 Å². The Bertz CT molecular complexity index is 471. The maximum Gasteiger partial charge on any atom is 0.129 e. The molecule has 3 N–H and O–H groups in total. The summed E-state index contributed by atoms with van der Waals surface area (Å²) < 4.78 is 0. The molecule has 2 atom stereocenters. The average molecular weight is 244 g/mol. The van der Waals surface area contributed by atoms with E-state index in [0.717, 1.165) is 42.0 Å². The number of aromatic nitrogens is 1. The van der Waals surface area contributed by atoms with Gasteiger partial charge in [-0.05, 0) is 43.7 Å². The van der Waals surface area contributed by atoms with Crippen molar-refractivity contribution in [1.29, 1.82) is 5.41 Å². The Morgan fingerprint density at radius 2 is 2.00 bits per heavy atom. The van der Waals surface area contributed by atoms with Crippen molar-refractivity contribution in [2.24, 2.45) is 17.6 Å². The molecule has 2 heterocycles. The summed E-state index contributed by atoms with van der Waals surface area (Å²) in [6.07, 6.45) is 4.13. The fourth-order valence-electron chi connectivity index (χ4n) is 3.39. The van der Waals surface area contributed by atoms with Crippen LogP contribution in [0.15, 0.2) is 12.1 Å². The third kappa shape index (κ3) is 1.96. The number of hydrogen-bond acceptors (Lipinski definition) is 3. The van der Waals surface area contributed by atoms with Gasteiger partial charge in [0, 0.05) is 24.3 Å². The fraction of sp³-hybridized carbons (Fsp3) is 0.571. The molecular weight excluding hydrogens is 224 g/mol. The van der Waals surface area contributed by atoms with E-state index in [1.807, 2.05) is 19.1 Å². The number of rotatable bonds is 2. The Morgan fingerprint density at radius 1 is 1.33 bits per heavy atom. The lowest BCUT2D eigenvalue weighted by Gasteiger charge is -2.19. The lowest BCUT2D eigenvalue weighted by Crippen LogP contribution is -2.23. The van der Waals surface area contributed by atoms with Crippen molar-refractivity contribution in [3.8, 4) is 0 Å². The standard InChI is InChI=1S/C14H20N4/c1-9-5-12(14(15)16)6-13(17-9)18-7-10-3-2-4-11(10)8-18/h5-6,10-11H,2-4,7-8H2,1H3,(H3,15,16). The van der Waals surface area contributed by atoms with Crippen molar-refractivity contribution >= 4 is 11.7 Å². The molecule has 4 heteroatoms. The van der Waals surface area contributed by atoms with Gasteiger partial charge in [-0.3, -0.25) is 5.41 Å². The predicted octanol–water partition coefficient (Wildman–Crippen LogP) is 1.91. The summed E-state index contributed by atoms with van der Waals surface area (Å²) in [4.78, 5) is 6.97. The summed E-state index contributed by atoms with van der Waals surface area (Å²) in [7, 11) is 0. The van der Waals surface area contributed by atoms with Crippen LogP contribution in [0.2, 0.25) is 0 Å². The van der Waals surface area contributed by atoms with Crippen molar-refractivity contribution in [3.63, 3.8) is 0 Å². The summed E-state index contributed by atoms with van der Waals surface area (Å²) in [5.74, 6) is 2.83. The Morgan fingerprint density at radius 3 is 2.61 bits per heavy atom. The zero-order valence-electron chi connectivity index (χ0n) is 10.8. The zero-order valence-corrected chi connectivity index (χ0v) is 10.8. The second-order valence-electron chi connectivity index (χ2n) is 5.63. The summed E-state index contributed by atoms with van der Waals surface area (Å²) >= 11 is 0. The van der Waals surface area contributed by atoms with Gasteiger partial charge in [-0.1, -0.05) is 6.42 Å². The number of amidine groups is 1. The quantitative estimate of drug-likeness (QED) is 0.617. The van der Waals surface area contributed by atoms with Crippen molar-refractivity contribution in [2.45, 2.75) is 26.2 Å². The van der Waals surface area contributed by atoms with E-state index in [1.54, 1.807) is 0 Å². The van der Waals surface area contributed by atoms with Crippen LogP contribution in [0, 0.1) is 24.2 Å². The Labute approximate surface area is 108 Å². The minimum absolute atomic E-state index is 0.126. The third-order valence-corrected chi connectivity index (χ3v) is 4.30. The molecule has 1 saturated carbocycles. The van der Waals surface area contributed by atoms with Crippen LogP contribution in [0.3, 0.4) is 0 Å². The number of nitrogens with zero attached hydrogens (tertiary/aromatic N) is 2. The first-order chi connectivity index (χ1) is 8.63. The van der Waals surface area contributed by atoms with Gasteiger partial charge in [-0.15, -0.1) is 0 Å². The highest BCUT2D eigenvalue weighted by molar-refractivity contribution is 5.95. The van der Waals surface area contributed by atoms with E-state index < -0.39 is 0 Å². The van der Waals surface area contributed by atoms with Gasteiger partial charge < -0.3 is 10.6 Å². The molecule has 96 valence electrons. The molecule has 1 aliphatic heterocycles. The van der Waals surface area contributed by atoms with E-state index in [2.05, 4.69) is 9.88 Å². The van der Waals surface area contributed by atoms with Crippen LogP contribution in [0.4, 0.5) is 5.82 Å². The summed E-state index contributed by atoms with van der Waals surface area (Å²) in [5.41, 5.74) is 7.31. The first-order valence-corrected chi connectivity index (χ1v) is 6.71. The third-order valence-electron chi connectivity index (χ3n) is 4.30. The monoisotopic (exact) mass is 244 g/mol. The number of nitrogen functional groups attached to an aromatic ring is 1. The van der Waals surface area contributed by atoms with Crippen molar-refractivity contribution in [2.75, 3.05) is 18.0 Å². The number of hydrogen-bond donors (Lipinski definition) is 2. The zero-order chi connectivity index (χ0) is 12.7. The number of anilines is 1. The number of nitrogens with one attached hydrogen (secondary N) is 1. The van der Waals surface area contributed by atoms with E-state index in [1.165, 1.54) is 19.3 Å². The predicted molar refractivity (Wildman–Crippen MR) is 73.0 cm³/mol. The van der Waals surface area contributed by atoms with Gasteiger partial charge in [0.1, 0.15) is 11.7 Å². The van der Waals surface area contributed by atoms with Crippen LogP contribution in [0.1, 0.15) is 30.5 Å². The van der Waals surface area contributed by atoms with Gasteiger partial charge in [0.05, 0.1) is 0 Å². The summed E-state index contributed by atoms with van der Waals surface area (Å²) in [6, 6.07) is 3.83. The van der Waals surface area contributed by atoms with Gasteiger partial charge in [-0.25, -0.2) is 4.98 Å². The van der Waals surface area contributed by atoms with Crippen molar-refractivity contribution in [1.82, 2.24) is 4.98 Å². The minimum atomic E-state index is 0.126. The van der Waals surface area contributed by atoms with Gasteiger partial charge >= 0.3 is 0 Å².